The zero-order valence-corrected chi connectivity index (χ0v) is 15.4. The predicted molar refractivity (Wildman–Crippen MR) is 96.1 cm³/mol. The monoisotopic (exact) mass is 348 g/mol. The van der Waals surface area contributed by atoms with Gasteiger partial charge in [0.1, 0.15) is 0 Å². The lowest BCUT2D eigenvalue weighted by molar-refractivity contribution is -0.197. The first-order valence-corrected chi connectivity index (χ1v) is 10.2. The summed E-state index contributed by atoms with van der Waals surface area (Å²) in [5.41, 5.74) is 0.620. The van der Waals surface area contributed by atoms with Gasteiger partial charge in [0.2, 0.25) is 0 Å². The summed E-state index contributed by atoms with van der Waals surface area (Å²) in [6, 6.07) is 8.67. The summed E-state index contributed by atoms with van der Waals surface area (Å²) in [7, 11) is 0. The van der Waals surface area contributed by atoms with Gasteiger partial charge in [-0.25, -0.2) is 0 Å². The van der Waals surface area contributed by atoms with Crippen LogP contribution in [0.4, 0.5) is 0 Å². The molecule has 124 valence electrons. The van der Waals surface area contributed by atoms with Crippen molar-refractivity contribution in [3.8, 4) is 0 Å². The van der Waals surface area contributed by atoms with Gasteiger partial charge in [0.25, 0.3) is 0 Å². The summed E-state index contributed by atoms with van der Waals surface area (Å²) < 4.78 is 11.8. The molecule has 4 rings (SSSR count). The molecule has 4 atom stereocenters. The van der Waals surface area contributed by atoms with E-state index in [0.29, 0.717) is 23.0 Å². The molecule has 2 aliphatic heterocycles. The molecular weight excluding hydrogens is 324 g/mol. The standard InChI is InChI=1S/C19H24O2S2/c1-18(12-20-16(18)14-6-3-10-22-14)8-5-9-19(2)13-21-17(19)15-7-4-11-23-15/h3-4,6-7,10-11,16-17H,5,8-9,12-13H2,1-2H3. The molecule has 2 saturated heterocycles. The van der Waals surface area contributed by atoms with E-state index >= 15 is 0 Å². The fourth-order valence-corrected chi connectivity index (χ4v) is 5.83. The van der Waals surface area contributed by atoms with Crippen molar-refractivity contribution in [2.75, 3.05) is 13.2 Å². The number of ether oxygens (including phenoxy) is 2. The normalized spacial score (nSPS) is 36.4. The van der Waals surface area contributed by atoms with E-state index in [2.05, 4.69) is 48.9 Å². The first-order chi connectivity index (χ1) is 11.1. The van der Waals surface area contributed by atoms with Crippen molar-refractivity contribution in [2.45, 2.75) is 45.3 Å². The molecule has 2 nitrogen and oxygen atoms in total. The summed E-state index contributed by atoms with van der Waals surface area (Å²) in [6.45, 7) is 6.57. The summed E-state index contributed by atoms with van der Waals surface area (Å²) >= 11 is 3.64. The molecule has 0 radical (unpaired) electrons. The highest BCUT2D eigenvalue weighted by molar-refractivity contribution is 7.10. The van der Waals surface area contributed by atoms with Crippen molar-refractivity contribution in [1.29, 1.82) is 0 Å². The molecule has 0 N–H and O–H groups in total. The Labute approximate surface area is 146 Å². The Bertz CT molecular complexity index is 580. The minimum Gasteiger partial charge on any atom is -0.371 e. The zero-order valence-electron chi connectivity index (χ0n) is 13.8. The van der Waals surface area contributed by atoms with Crippen LogP contribution >= 0.6 is 22.7 Å². The van der Waals surface area contributed by atoms with Crippen molar-refractivity contribution in [2.24, 2.45) is 10.8 Å². The van der Waals surface area contributed by atoms with Gasteiger partial charge >= 0.3 is 0 Å². The summed E-state index contributed by atoms with van der Waals surface area (Å²) in [4.78, 5) is 2.77. The second-order valence-electron chi connectivity index (χ2n) is 7.57. The van der Waals surface area contributed by atoms with Crippen LogP contribution in [0.15, 0.2) is 35.0 Å². The van der Waals surface area contributed by atoms with Crippen LogP contribution in [0.5, 0.6) is 0 Å². The molecule has 0 bridgehead atoms. The molecule has 0 spiro atoms. The average Bonchev–Trinajstić information content (AvgIpc) is 3.19. The second kappa shape index (κ2) is 5.99. The second-order valence-corrected chi connectivity index (χ2v) is 9.53. The number of thiophene rings is 2. The Morgan fingerprint density at radius 1 is 0.913 bits per heavy atom. The largest absolute Gasteiger partial charge is 0.371 e. The van der Waals surface area contributed by atoms with Crippen LogP contribution in [0.25, 0.3) is 0 Å². The Balaban J connectivity index is 1.33. The molecule has 4 unspecified atom stereocenters. The molecule has 2 aliphatic rings. The molecule has 23 heavy (non-hydrogen) atoms. The molecule has 0 amide bonds. The van der Waals surface area contributed by atoms with E-state index in [0.717, 1.165) is 13.2 Å². The van der Waals surface area contributed by atoms with E-state index in [1.54, 1.807) is 0 Å². The summed E-state index contributed by atoms with van der Waals surface area (Å²) in [5, 5.41) is 4.30. The lowest BCUT2D eigenvalue weighted by atomic mass is 9.71. The molecule has 4 heteroatoms. The Kier molecular flexibility index (Phi) is 4.12. The van der Waals surface area contributed by atoms with Crippen LogP contribution < -0.4 is 0 Å². The highest BCUT2D eigenvalue weighted by Crippen LogP contribution is 2.54. The van der Waals surface area contributed by atoms with Crippen LogP contribution in [-0.2, 0) is 9.47 Å². The lowest BCUT2D eigenvalue weighted by Gasteiger charge is -2.49. The average molecular weight is 349 g/mol. The molecular formula is C19H24O2S2. The van der Waals surface area contributed by atoms with Crippen LogP contribution in [-0.4, -0.2) is 13.2 Å². The predicted octanol–water partition coefficient (Wildman–Crippen LogP) is 5.84. The van der Waals surface area contributed by atoms with E-state index in [1.165, 1.54) is 29.0 Å². The van der Waals surface area contributed by atoms with E-state index < -0.39 is 0 Å². The molecule has 0 saturated carbocycles. The molecule has 0 aliphatic carbocycles. The molecule has 4 heterocycles. The topological polar surface area (TPSA) is 18.5 Å². The lowest BCUT2D eigenvalue weighted by Crippen LogP contribution is -2.45. The first-order valence-electron chi connectivity index (χ1n) is 8.41. The third-order valence-corrected chi connectivity index (χ3v) is 7.36. The fourth-order valence-electron chi connectivity index (χ4n) is 3.94. The van der Waals surface area contributed by atoms with Gasteiger partial charge in [0, 0.05) is 20.6 Å². The number of hydrogen-bond donors (Lipinski definition) is 0. The molecule has 2 fully saturated rings. The van der Waals surface area contributed by atoms with Crippen LogP contribution in [0.2, 0.25) is 0 Å². The van der Waals surface area contributed by atoms with Gasteiger partial charge in [0.15, 0.2) is 0 Å². The molecule has 2 aromatic rings. The SMILES string of the molecule is CC1(CCCC2(C)COC2c2cccs2)COC1c1cccs1. The van der Waals surface area contributed by atoms with Crippen molar-refractivity contribution < 1.29 is 9.47 Å². The van der Waals surface area contributed by atoms with Crippen molar-refractivity contribution in [1.82, 2.24) is 0 Å². The number of hydrogen-bond acceptors (Lipinski definition) is 4. The summed E-state index contributed by atoms with van der Waals surface area (Å²) in [5.74, 6) is 0. The Morgan fingerprint density at radius 3 is 1.70 bits per heavy atom. The number of rotatable bonds is 6. The van der Waals surface area contributed by atoms with Crippen LogP contribution in [0.3, 0.4) is 0 Å². The Hall–Kier alpha value is -0.680. The van der Waals surface area contributed by atoms with E-state index in [4.69, 9.17) is 9.47 Å². The van der Waals surface area contributed by atoms with Gasteiger partial charge in [-0.05, 0) is 35.7 Å². The van der Waals surface area contributed by atoms with E-state index in [9.17, 15) is 0 Å². The maximum Gasteiger partial charge on any atom is 0.0992 e. The van der Waals surface area contributed by atoms with Gasteiger partial charge in [-0.2, -0.15) is 0 Å². The van der Waals surface area contributed by atoms with Crippen LogP contribution in [0, 0.1) is 10.8 Å². The third kappa shape index (κ3) is 2.80. The van der Waals surface area contributed by atoms with Gasteiger partial charge in [-0.3, -0.25) is 0 Å². The van der Waals surface area contributed by atoms with Crippen molar-refractivity contribution in [3.05, 3.63) is 44.8 Å². The fraction of sp³-hybridized carbons (Fsp3) is 0.579. The summed E-state index contributed by atoms with van der Waals surface area (Å²) in [6.07, 6.45) is 4.34. The maximum atomic E-state index is 5.88. The van der Waals surface area contributed by atoms with Gasteiger partial charge in [-0.15, -0.1) is 22.7 Å². The minimum atomic E-state index is 0.307. The highest BCUT2D eigenvalue weighted by atomic mass is 32.1. The highest BCUT2D eigenvalue weighted by Gasteiger charge is 2.48. The Morgan fingerprint density at radius 2 is 1.39 bits per heavy atom. The molecule has 0 aromatic carbocycles. The smallest absolute Gasteiger partial charge is 0.0992 e. The minimum absolute atomic E-state index is 0.307. The van der Waals surface area contributed by atoms with Crippen molar-refractivity contribution in [3.63, 3.8) is 0 Å². The van der Waals surface area contributed by atoms with Gasteiger partial charge in [-0.1, -0.05) is 32.4 Å². The van der Waals surface area contributed by atoms with Gasteiger partial charge in [0.05, 0.1) is 25.4 Å². The zero-order chi connectivity index (χ0) is 15.9. The third-order valence-electron chi connectivity index (χ3n) is 5.52. The van der Waals surface area contributed by atoms with Crippen molar-refractivity contribution >= 4 is 22.7 Å². The first kappa shape index (κ1) is 15.8. The molecule has 2 aromatic heterocycles. The van der Waals surface area contributed by atoms with Crippen LogP contribution in [0.1, 0.15) is 55.1 Å². The van der Waals surface area contributed by atoms with E-state index in [-0.39, 0.29) is 0 Å². The maximum absolute atomic E-state index is 5.88. The van der Waals surface area contributed by atoms with E-state index in [1.807, 2.05) is 22.7 Å². The van der Waals surface area contributed by atoms with Gasteiger partial charge < -0.3 is 9.47 Å². The quantitative estimate of drug-likeness (QED) is 0.653.